The van der Waals surface area contributed by atoms with Crippen molar-refractivity contribution in [2.24, 2.45) is 17.3 Å². The summed E-state index contributed by atoms with van der Waals surface area (Å²) in [4.78, 5) is 61.2. The number of benzene rings is 4. The van der Waals surface area contributed by atoms with Gasteiger partial charge >= 0.3 is 0 Å². The number of amides is 1. The molecule has 7 rings (SSSR count). The maximum absolute atomic E-state index is 12.9. The van der Waals surface area contributed by atoms with Gasteiger partial charge in [0.1, 0.15) is 34.0 Å². The van der Waals surface area contributed by atoms with Gasteiger partial charge in [-0.3, -0.25) is 28.7 Å². The van der Waals surface area contributed by atoms with Crippen molar-refractivity contribution >= 4 is 40.0 Å². The first-order valence-electron chi connectivity index (χ1n) is 17.9. The summed E-state index contributed by atoms with van der Waals surface area (Å²) in [5.74, 6) is 0.597. The second-order valence-corrected chi connectivity index (χ2v) is 15.9. The van der Waals surface area contributed by atoms with Crippen molar-refractivity contribution in [1.82, 2.24) is 4.72 Å². The Labute approximate surface area is 318 Å². The average Bonchev–Trinajstić information content (AvgIpc) is 3.69. The van der Waals surface area contributed by atoms with Crippen LogP contribution in [-0.4, -0.2) is 33.2 Å². The topological polar surface area (TPSA) is 133 Å². The Morgan fingerprint density at radius 3 is 1.61 bits per heavy atom. The van der Waals surface area contributed by atoms with Crippen molar-refractivity contribution in [2.75, 3.05) is 0 Å². The number of ketones is 4. The Morgan fingerprint density at radius 1 is 0.685 bits per heavy atom. The smallest absolute Gasteiger partial charge is 0.256 e. The predicted octanol–water partition coefficient (Wildman–Crippen LogP) is 9.36. The van der Waals surface area contributed by atoms with E-state index in [2.05, 4.69) is 32.4 Å². The standard InChI is InChI=1S/C38H34O6.C3H3NO2S.C3H8/c1-21(2)32-33(39)28-15-13-26(19-30(28)34(32)40)43-24-11-7-9-22(17-24)37(3,4)23-10-8-12-25(18-23)44-27-14-16-29-31(20-27)36(42)38(5,6)35(29)41;5-3-1-2-7(6)4-3;1-3-2/h7-21,32H,1-6H3;1-2H,(H,4,5);3H2,1-2H3. The lowest BCUT2D eigenvalue weighted by atomic mass is 9.78. The molecule has 4 aromatic rings. The number of rotatable bonds is 7. The molecule has 0 spiro atoms. The van der Waals surface area contributed by atoms with E-state index >= 15 is 0 Å². The van der Waals surface area contributed by atoms with Gasteiger partial charge in [-0.25, -0.2) is 4.21 Å². The third-order valence-electron chi connectivity index (χ3n) is 9.50. The summed E-state index contributed by atoms with van der Waals surface area (Å²) in [5, 5.41) is 1.31. The van der Waals surface area contributed by atoms with E-state index in [4.69, 9.17) is 9.47 Å². The van der Waals surface area contributed by atoms with E-state index < -0.39 is 27.7 Å². The minimum Gasteiger partial charge on any atom is -0.457 e. The number of ether oxygens (including phenoxy) is 2. The second-order valence-electron chi connectivity index (χ2n) is 14.8. The molecule has 0 bridgehead atoms. The number of nitrogens with one attached hydrogen (secondary N) is 1. The van der Waals surface area contributed by atoms with Crippen molar-refractivity contribution in [1.29, 1.82) is 0 Å². The Balaban J connectivity index is 0.000000492. The van der Waals surface area contributed by atoms with Gasteiger partial charge in [0.25, 0.3) is 5.91 Å². The largest absolute Gasteiger partial charge is 0.457 e. The Bertz CT molecular complexity index is 2200. The molecule has 1 amide bonds. The lowest BCUT2D eigenvalue weighted by Crippen LogP contribution is -2.25. The molecule has 9 nitrogen and oxygen atoms in total. The number of carbonyl (C=O) groups excluding carboxylic acids is 5. The number of hydrogen-bond donors (Lipinski definition) is 1. The normalized spacial score (nSPS) is 18.0. The van der Waals surface area contributed by atoms with Gasteiger partial charge in [0.05, 0.1) is 11.3 Å². The number of fused-ring (bicyclic) bond motifs is 2. The van der Waals surface area contributed by atoms with Crippen molar-refractivity contribution in [3.8, 4) is 23.0 Å². The predicted molar refractivity (Wildman–Crippen MR) is 209 cm³/mol. The van der Waals surface area contributed by atoms with Crippen LogP contribution in [0.15, 0.2) is 96.4 Å². The van der Waals surface area contributed by atoms with Crippen LogP contribution in [0.3, 0.4) is 0 Å². The van der Waals surface area contributed by atoms with Crippen LogP contribution in [0.25, 0.3) is 0 Å². The summed E-state index contributed by atoms with van der Waals surface area (Å²) < 4.78 is 24.6. The molecule has 0 aromatic heterocycles. The van der Waals surface area contributed by atoms with E-state index in [1.165, 1.54) is 17.9 Å². The molecule has 4 aromatic carbocycles. The first-order chi connectivity index (χ1) is 25.5. The van der Waals surface area contributed by atoms with Gasteiger partial charge in [-0.2, -0.15) is 0 Å². The van der Waals surface area contributed by atoms with Gasteiger partial charge < -0.3 is 9.47 Å². The minimum absolute atomic E-state index is 0.0646. The third-order valence-corrected chi connectivity index (χ3v) is 10.3. The summed E-state index contributed by atoms with van der Waals surface area (Å²) in [6.07, 6.45) is 2.50. The van der Waals surface area contributed by atoms with Gasteiger partial charge in [-0.1, -0.05) is 72.2 Å². The van der Waals surface area contributed by atoms with E-state index in [0.29, 0.717) is 45.3 Å². The fourth-order valence-electron chi connectivity index (χ4n) is 6.44. The van der Waals surface area contributed by atoms with Crippen LogP contribution < -0.4 is 14.2 Å². The van der Waals surface area contributed by atoms with Gasteiger partial charge in [-0.05, 0) is 91.6 Å². The molecule has 10 heteroatoms. The monoisotopic (exact) mass is 747 g/mol. The van der Waals surface area contributed by atoms with E-state index in [1.807, 2.05) is 62.4 Å². The molecule has 280 valence electrons. The molecular weight excluding hydrogens is 703 g/mol. The van der Waals surface area contributed by atoms with Crippen LogP contribution >= 0.6 is 0 Å². The third kappa shape index (κ3) is 8.04. The first kappa shape index (κ1) is 39.7. The maximum atomic E-state index is 12.9. The molecule has 1 aliphatic heterocycles. The number of carbonyl (C=O) groups is 5. The van der Waals surface area contributed by atoms with Gasteiger partial charge in [-0.15, -0.1) is 0 Å². The van der Waals surface area contributed by atoms with Crippen LogP contribution in [0.2, 0.25) is 0 Å². The molecule has 1 heterocycles. The highest BCUT2D eigenvalue weighted by Crippen LogP contribution is 2.40. The summed E-state index contributed by atoms with van der Waals surface area (Å²) in [6.45, 7) is 15.5. The molecule has 2 atom stereocenters. The van der Waals surface area contributed by atoms with Crippen molar-refractivity contribution in [2.45, 2.75) is 67.2 Å². The van der Waals surface area contributed by atoms with Crippen molar-refractivity contribution in [3.05, 3.63) is 130 Å². The highest BCUT2D eigenvalue weighted by atomic mass is 32.2. The zero-order chi connectivity index (χ0) is 39.5. The zero-order valence-electron chi connectivity index (χ0n) is 31.8. The van der Waals surface area contributed by atoms with E-state index in [-0.39, 0.29) is 35.0 Å². The van der Waals surface area contributed by atoms with E-state index in [9.17, 15) is 28.2 Å². The van der Waals surface area contributed by atoms with Gasteiger partial charge in [0.2, 0.25) is 0 Å². The number of Topliss-reactive ketones (excluding diaryl/α,β-unsaturated/α-hetero) is 4. The Kier molecular flexibility index (Phi) is 11.7. The summed E-state index contributed by atoms with van der Waals surface area (Å²) in [6, 6.07) is 25.7. The lowest BCUT2D eigenvalue weighted by molar-refractivity contribution is -0.114. The lowest BCUT2D eigenvalue weighted by Gasteiger charge is -2.27. The van der Waals surface area contributed by atoms with Crippen LogP contribution in [-0.2, 0) is 21.2 Å². The molecule has 54 heavy (non-hydrogen) atoms. The van der Waals surface area contributed by atoms with Crippen LogP contribution in [0.5, 0.6) is 23.0 Å². The molecule has 0 radical (unpaired) electrons. The van der Waals surface area contributed by atoms with Crippen LogP contribution in [0, 0.1) is 17.3 Å². The van der Waals surface area contributed by atoms with Gasteiger partial charge in [0.15, 0.2) is 23.1 Å². The van der Waals surface area contributed by atoms with Crippen molar-refractivity contribution < 1.29 is 37.7 Å². The maximum Gasteiger partial charge on any atom is 0.256 e. The summed E-state index contributed by atoms with van der Waals surface area (Å²) in [5.41, 5.74) is 2.22. The fourth-order valence-corrected chi connectivity index (χ4v) is 7.02. The molecule has 2 unspecified atom stereocenters. The van der Waals surface area contributed by atoms with Gasteiger partial charge in [0, 0.05) is 39.2 Å². The SMILES string of the molecule is CC(C)C1C(=O)c2ccc(Oc3cccc(C(C)(C)c4cccc(Oc5ccc6c(c5)C(=O)C(C)(C)C6=O)c4)c3)cc2C1=O.CCC.O=C1C=CS(=O)N1. The zero-order valence-corrected chi connectivity index (χ0v) is 32.6. The van der Waals surface area contributed by atoms with Crippen LogP contribution in [0.4, 0.5) is 0 Å². The number of hydrogen-bond acceptors (Lipinski definition) is 8. The molecule has 0 fully saturated rings. The second kappa shape index (κ2) is 15.9. The quantitative estimate of drug-likeness (QED) is 0.185. The highest BCUT2D eigenvalue weighted by Gasteiger charge is 2.45. The molecule has 3 aliphatic rings. The molecule has 0 saturated heterocycles. The molecule has 0 saturated carbocycles. The molecule has 1 N–H and O–H groups in total. The van der Waals surface area contributed by atoms with E-state index in [0.717, 1.165) is 11.1 Å². The Morgan fingerprint density at radius 2 is 1.15 bits per heavy atom. The van der Waals surface area contributed by atoms with E-state index in [1.54, 1.807) is 50.2 Å². The highest BCUT2D eigenvalue weighted by molar-refractivity contribution is 7.87. The minimum atomic E-state index is -1.23. The van der Waals surface area contributed by atoms with Crippen LogP contribution in [0.1, 0.15) is 114 Å². The van der Waals surface area contributed by atoms with Crippen molar-refractivity contribution in [3.63, 3.8) is 0 Å². The summed E-state index contributed by atoms with van der Waals surface area (Å²) in [7, 11) is -1.23. The summed E-state index contributed by atoms with van der Waals surface area (Å²) >= 11 is 0. The Hall–Kier alpha value is -5.48. The molecule has 2 aliphatic carbocycles. The average molecular weight is 748 g/mol. The molecular formula is C44H45NO8S. The fraction of sp³-hybridized carbons (Fsp3) is 0.295. The first-order valence-corrected chi connectivity index (χ1v) is 19.1.